The first-order chi connectivity index (χ1) is 18.2. The lowest BCUT2D eigenvalue weighted by molar-refractivity contribution is 0.427. The van der Waals surface area contributed by atoms with Crippen molar-refractivity contribution in [3.63, 3.8) is 0 Å². The summed E-state index contributed by atoms with van der Waals surface area (Å²) in [6.45, 7) is 13.8. The number of hydrogen-bond donors (Lipinski definition) is 2. The van der Waals surface area contributed by atoms with E-state index < -0.39 is 0 Å². The van der Waals surface area contributed by atoms with E-state index in [-0.39, 0.29) is 5.75 Å². The Bertz CT molecular complexity index is 1200. The number of aryl methyl sites for hydroxylation is 2. The van der Waals surface area contributed by atoms with Crippen LogP contribution in [0, 0.1) is 17.8 Å². The fourth-order valence-corrected chi connectivity index (χ4v) is 5.64. The van der Waals surface area contributed by atoms with E-state index in [0.717, 1.165) is 65.0 Å². The predicted octanol–water partition coefficient (Wildman–Crippen LogP) is 10.9. The molecule has 0 amide bonds. The van der Waals surface area contributed by atoms with E-state index in [2.05, 4.69) is 71.9 Å². The lowest BCUT2D eigenvalue weighted by atomic mass is 9.93. The summed E-state index contributed by atoms with van der Waals surface area (Å²) >= 11 is 0. The molecular formula is C36H52O2. The van der Waals surface area contributed by atoms with Crippen molar-refractivity contribution < 1.29 is 10.2 Å². The molecule has 208 valence electrons. The van der Waals surface area contributed by atoms with Crippen LogP contribution in [0.1, 0.15) is 110 Å². The van der Waals surface area contributed by atoms with E-state index in [9.17, 15) is 10.2 Å². The Morgan fingerprint density at radius 2 is 1.18 bits per heavy atom. The van der Waals surface area contributed by atoms with Gasteiger partial charge >= 0.3 is 0 Å². The standard InChI is InChI=1S/C36H52O2/c1-25(2)11-7-13-27(5)15-9-17-29-19-21-31-33(23-29)36(38)34-24-30(20-22-32(34)35(31)37)18-10-16-28(6)14-8-12-26(3)4/h15,19-26,28,37-38H,7-14,16-18H2,1-6H3/b27-15+. The molecule has 0 radical (unpaired) electrons. The molecule has 3 rings (SSSR count). The van der Waals surface area contributed by atoms with Crippen molar-refractivity contribution in [3.05, 3.63) is 59.2 Å². The summed E-state index contributed by atoms with van der Waals surface area (Å²) in [5.74, 6) is 2.88. The van der Waals surface area contributed by atoms with Crippen LogP contribution in [-0.4, -0.2) is 10.2 Å². The molecule has 1 unspecified atom stereocenters. The minimum absolute atomic E-state index is 0.269. The summed E-state index contributed by atoms with van der Waals surface area (Å²) in [4.78, 5) is 0. The third-order valence-corrected chi connectivity index (χ3v) is 8.11. The summed E-state index contributed by atoms with van der Waals surface area (Å²) in [7, 11) is 0. The van der Waals surface area contributed by atoms with Gasteiger partial charge in [0.1, 0.15) is 11.5 Å². The highest BCUT2D eigenvalue weighted by atomic mass is 16.3. The largest absolute Gasteiger partial charge is 0.507 e. The maximum Gasteiger partial charge on any atom is 0.131 e. The second-order valence-corrected chi connectivity index (χ2v) is 12.7. The molecule has 0 aromatic heterocycles. The second-order valence-electron chi connectivity index (χ2n) is 12.7. The number of aromatic hydroxyl groups is 2. The molecule has 0 bridgehead atoms. The van der Waals surface area contributed by atoms with Gasteiger partial charge in [0.25, 0.3) is 0 Å². The molecule has 0 fully saturated rings. The molecule has 0 aliphatic carbocycles. The first kappa shape index (κ1) is 30.1. The minimum atomic E-state index is 0.269. The zero-order valence-electron chi connectivity index (χ0n) is 24.9. The van der Waals surface area contributed by atoms with Crippen LogP contribution in [0.3, 0.4) is 0 Å². The fraction of sp³-hybridized carbons (Fsp3) is 0.556. The van der Waals surface area contributed by atoms with Gasteiger partial charge in [-0.05, 0) is 86.5 Å². The summed E-state index contributed by atoms with van der Waals surface area (Å²) in [5, 5.41) is 25.3. The summed E-state index contributed by atoms with van der Waals surface area (Å²) < 4.78 is 0. The van der Waals surface area contributed by atoms with Gasteiger partial charge < -0.3 is 10.2 Å². The van der Waals surface area contributed by atoms with Crippen molar-refractivity contribution in [2.45, 2.75) is 112 Å². The third-order valence-electron chi connectivity index (χ3n) is 8.11. The highest BCUT2D eigenvalue weighted by molar-refractivity contribution is 6.10. The van der Waals surface area contributed by atoms with Gasteiger partial charge in [0, 0.05) is 21.5 Å². The van der Waals surface area contributed by atoms with E-state index in [1.54, 1.807) is 0 Å². The topological polar surface area (TPSA) is 40.5 Å². The molecule has 2 nitrogen and oxygen atoms in total. The Labute approximate surface area is 232 Å². The minimum Gasteiger partial charge on any atom is -0.507 e. The SMILES string of the molecule is C/C(=C\CCc1ccc2c(O)c3ccc(CCCC(C)CCCC(C)C)cc3c(O)c2c1)CCCC(C)C. The molecule has 0 heterocycles. The van der Waals surface area contributed by atoms with Crippen LogP contribution in [0.5, 0.6) is 11.5 Å². The third kappa shape index (κ3) is 8.79. The first-order valence-corrected chi connectivity index (χ1v) is 15.2. The maximum atomic E-state index is 11.3. The normalized spacial score (nSPS) is 13.3. The van der Waals surface area contributed by atoms with Gasteiger partial charge in [-0.2, -0.15) is 0 Å². The van der Waals surface area contributed by atoms with Crippen molar-refractivity contribution in [1.82, 2.24) is 0 Å². The molecule has 0 spiro atoms. The van der Waals surface area contributed by atoms with Gasteiger partial charge in [-0.15, -0.1) is 0 Å². The van der Waals surface area contributed by atoms with Gasteiger partial charge in [0.15, 0.2) is 0 Å². The smallest absolute Gasteiger partial charge is 0.131 e. The van der Waals surface area contributed by atoms with Gasteiger partial charge in [-0.1, -0.05) is 103 Å². The number of fused-ring (bicyclic) bond motifs is 2. The van der Waals surface area contributed by atoms with Gasteiger partial charge in [0.2, 0.25) is 0 Å². The monoisotopic (exact) mass is 516 g/mol. The molecule has 1 atom stereocenters. The molecule has 0 saturated carbocycles. The van der Waals surface area contributed by atoms with Crippen molar-refractivity contribution >= 4 is 21.5 Å². The quantitative estimate of drug-likeness (QED) is 0.120. The van der Waals surface area contributed by atoms with Crippen molar-refractivity contribution in [1.29, 1.82) is 0 Å². The van der Waals surface area contributed by atoms with Crippen molar-refractivity contribution in [2.75, 3.05) is 0 Å². The number of phenols is 2. The lowest BCUT2D eigenvalue weighted by Crippen LogP contribution is -1.98. The molecule has 38 heavy (non-hydrogen) atoms. The van der Waals surface area contributed by atoms with Crippen molar-refractivity contribution in [2.24, 2.45) is 17.8 Å². The van der Waals surface area contributed by atoms with Gasteiger partial charge in [-0.3, -0.25) is 0 Å². The zero-order chi connectivity index (χ0) is 27.7. The Kier molecular flexibility index (Phi) is 11.6. The maximum absolute atomic E-state index is 11.3. The second kappa shape index (κ2) is 14.6. The van der Waals surface area contributed by atoms with Crippen LogP contribution in [0.4, 0.5) is 0 Å². The average Bonchev–Trinajstić information content (AvgIpc) is 2.86. The molecular weight excluding hydrogens is 464 g/mol. The molecule has 3 aromatic carbocycles. The van der Waals surface area contributed by atoms with Crippen molar-refractivity contribution in [3.8, 4) is 11.5 Å². The number of hydrogen-bond acceptors (Lipinski definition) is 2. The molecule has 3 aromatic rings. The average molecular weight is 517 g/mol. The summed E-state index contributed by atoms with van der Waals surface area (Å²) in [6.07, 6.45) is 15.4. The van der Waals surface area contributed by atoms with Crippen LogP contribution in [-0.2, 0) is 12.8 Å². The number of benzene rings is 3. The highest BCUT2D eigenvalue weighted by Gasteiger charge is 2.14. The zero-order valence-corrected chi connectivity index (χ0v) is 24.9. The lowest BCUT2D eigenvalue weighted by Gasteiger charge is -2.14. The summed E-state index contributed by atoms with van der Waals surface area (Å²) in [6, 6.07) is 12.3. The van der Waals surface area contributed by atoms with E-state index in [1.165, 1.54) is 61.6 Å². The highest BCUT2D eigenvalue weighted by Crippen LogP contribution is 2.42. The van der Waals surface area contributed by atoms with E-state index in [4.69, 9.17) is 0 Å². The number of phenolic OH excluding ortho intramolecular Hbond substituents is 2. The Morgan fingerprint density at radius 1 is 0.658 bits per heavy atom. The molecule has 2 N–H and O–H groups in total. The summed E-state index contributed by atoms with van der Waals surface area (Å²) in [5.41, 5.74) is 3.89. The van der Waals surface area contributed by atoms with Crippen LogP contribution >= 0.6 is 0 Å². The molecule has 0 aliphatic heterocycles. The molecule has 0 aliphatic rings. The fourth-order valence-electron chi connectivity index (χ4n) is 5.64. The predicted molar refractivity (Wildman–Crippen MR) is 166 cm³/mol. The number of allylic oxidation sites excluding steroid dienone is 2. The van der Waals surface area contributed by atoms with Gasteiger partial charge in [0.05, 0.1) is 0 Å². The Morgan fingerprint density at radius 3 is 1.79 bits per heavy atom. The van der Waals surface area contributed by atoms with Crippen LogP contribution < -0.4 is 0 Å². The van der Waals surface area contributed by atoms with E-state index >= 15 is 0 Å². The first-order valence-electron chi connectivity index (χ1n) is 15.2. The number of rotatable bonds is 15. The molecule has 2 heteroatoms. The molecule has 0 saturated heterocycles. The van der Waals surface area contributed by atoms with Crippen LogP contribution in [0.25, 0.3) is 21.5 Å². The Balaban J connectivity index is 1.68. The van der Waals surface area contributed by atoms with Crippen LogP contribution in [0.2, 0.25) is 0 Å². The Hall–Kier alpha value is -2.48. The van der Waals surface area contributed by atoms with E-state index in [0.29, 0.717) is 5.75 Å². The van der Waals surface area contributed by atoms with E-state index in [1.807, 2.05) is 12.1 Å². The van der Waals surface area contributed by atoms with Crippen LogP contribution in [0.15, 0.2) is 48.0 Å². The van der Waals surface area contributed by atoms with Gasteiger partial charge in [-0.25, -0.2) is 0 Å².